The van der Waals surface area contributed by atoms with E-state index in [1.807, 2.05) is 4.90 Å². The van der Waals surface area contributed by atoms with E-state index in [-0.39, 0.29) is 6.03 Å². The zero-order valence-corrected chi connectivity index (χ0v) is 11.8. The lowest BCUT2D eigenvalue weighted by Gasteiger charge is -2.26. The Bertz CT molecular complexity index is 415. The van der Waals surface area contributed by atoms with E-state index >= 15 is 0 Å². The van der Waals surface area contributed by atoms with Crippen LogP contribution in [0.3, 0.4) is 0 Å². The van der Waals surface area contributed by atoms with Crippen molar-refractivity contribution in [2.45, 2.75) is 31.2 Å². The molecule has 3 rings (SSSR count). The maximum atomic E-state index is 12.2. The van der Waals surface area contributed by atoms with Gasteiger partial charge >= 0.3 is 6.03 Å². The van der Waals surface area contributed by atoms with Gasteiger partial charge in [0.25, 0.3) is 0 Å². The molecule has 1 N–H and O–H groups in total. The molecular weight excluding hydrogens is 260 g/mol. The number of carbonyl (C=O) groups is 1. The van der Waals surface area contributed by atoms with E-state index < -0.39 is 0 Å². The molecule has 104 valence electrons. The number of nitrogens with one attached hydrogen (secondary N) is 1. The van der Waals surface area contributed by atoms with Crippen molar-refractivity contribution in [1.82, 2.24) is 10.2 Å². The summed E-state index contributed by atoms with van der Waals surface area (Å²) in [6, 6.07) is 4.66. The molecule has 2 aliphatic rings. The number of nitrogens with zero attached hydrogens (tertiary/aromatic N) is 1. The third-order valence-corrected chi connectivity index (χ3v) is 5.00. The molecule has 5 heteroatoms. The summed E-state index contributed by atoms with van der Waals surface area (Å²) in [5.41, 5.74) is 0. The fourth-order valence-electron chi connectivity index (χ4n) is 2.81. The number of ether oxygens (including phenoxy) is 1. The van der Waals surface area contributed by atoms with E-state index in [0.29, 0.717) is 12.0 Å². The number of carbonyl (C=O) groups excluding carboxylic acids is 1. The molecule has 0 saturated carbocycles. The number of hydrogen-bond donors (Lipinski definition) is 1. The maximum absolute atomic E-state index is 12.2. The molecule has 0 radical (unpaired) electrons. The minimum Gasteiger partial charge on any atom is -0.381 e. The standard InChI is InChI=1S/C14H20N2O2S/c17-14(15-12-4-7-18-8-5-12)16-6-3-11(10-16)13-2-1-9-19-13/h1-2,9,11-12H,3-8,10H2,(H,15,17). The van der Waals surface area contributed by atoms with Crippen LogP contribution in [0.2, 0.25) is 0 Å². The third kappa shape index (κ3) is 3.09. The molecule has 0 bridgehead atoms. The van der Waals surface area contributed by atoms with Gasteiger partial charge in [-0.3, -0.25) is 0 Å². The van der Waals surface area contributed by atoms with Gasteiger partial charge in [-0.05, 0) is 30.7 Å². The third-order valence-electron chi connectivity index (χ3n) is 3.97. The Morgan fingerprint density at radius 2 is 2.21 bits per heavy atom. The monoisotopic (exact) mass is 280 g/mol. The second-order valence-electron chi connectivity index (χ2n) is 5.28. The normalized spacial score (nSPS) is 24.6. The van der Waals surface area contributed by atoms with Crippen molar-refractivity contribution in [2.75, 3.05) is 26.3 Å². The SMILES string of the molecule is O=C(NC1CCOCC1)N1CCC(c2cccs2)C1. The maximum Gasteiger partial charge on any atom is 0.317 e. The number of hydrogen-bond acceptors (Lipinski definition) is 3. The van der Waals surface area contributed by atoms with Crippen LogP contribution in [0.4, 0.5) is 4.79 Å². The first-order chi connectivity index (χ1) is 9.33. The Labute approximate surface area is 117 Å². The summed E-state index contributed by atoms with van der Waals surface area (Å²) in [6.07, 6.45) is 2.96. The van der Waals surface area contributed by atoms with Crippen LogP contribution in [0.25, 0.3) is 0 Å². The van der Waals surface area contributed by atoms with Crippen molar-refractivity contribution < 1.29 is 9.53 Å². The Balaban J connectivity index is 1.51. The number of amides is 2. The molecular formula is C14H20N2O2S. The molecule has 2 amide bonds. The van der Waals surface area contributed by atoms with E-state index in [1.54, 1.807) is 11.3 Å². The molecule has 2 saturated heterocycles. The quantitative estimate of drug-likeness (QED) is 0.904. The zero-order chi connectivity index (χ0) is 13.1. The summed E-state index contributed by atoms with van der Waals surface area (Å²) >= 11 is 1.79. The van der Waals surface area contributed by atoms with Gasteiger partial charge in [0.15, 0.2) is 0 Å². The van der Waals surface area contributed by atoms with Crippen LogP contribution in [-0.2, 0) is 4.74 Å². The largest absolute Gasteiger partial charge is 0.381 e. The van der Waals surface area contributed by atoms with Gasteiger partial charge in [-0.25, -0.2) is 4.79 Å². The Hall–Kier alpha value is -1.07. The zero-order valence-electron chi connectivity index (χ0n) is 11.0. The van der Waals surface area contributed by atoms with E-state index in [4.69, 9.17) is 4.74 Å². The van der Waals surface area contributed by atoms with Gasteiger partial charge in [-0.15, -0.1) is 11.3 Å². The number of thiophene rings is 1. The highest BCUT2D eigenvalue weighted by molar-refractivity contribution is 7.10. The van der Waals surface area contributed by atoms with E-state index in [0.717, 1.165) is 45.6 Å². The molecule has 4 nitrogen and oxygen atoms in total. The fraction of sp³-hybridized carbons (Fsp3) is 0.643. The highest BCUT2D eigenvalue weighted by atomic mass is 32.1. The van der Waals surface area contributed by atoms with Gasteiger partial charge in [0.2, 0.25) is 0 Å². The second kappa shape index (κ2) is 5.92. The first kappa shape index (κ1) is 12.9. The molecule has 0 aromatic carbocycles. The van der Waals surface area contributed by atoms with Crippen molar-refractivity contribution in [2.24, 2.45) is 0 Å². The molecule has 19 heavy (non-hydrogen) atoms. The van der Waals surface area contributed by atoms with Gasteiger partial charge in [0.05, 0.1) is 0 Å². The van der Waals surface area contributed by atoms with Crippen LogP contribution >= 0.6 is 11.3 Å². The molecule has 1 aromatic heterocycles. The average molecular weight is 280 g/mol. The Morgan fingerprint density at radius 3 is 2.95 bits per heavy atom. The summed E-state index contributed by atoms with van der Waals surface area (Å²) in [4.78, 5) is 15.6. The van der Waals surface area contributed by atoms with Crippen molar-refractivity contribution in [3.05, 3.63) is 22.4 Å². The highest BCUT2D eigenvalue weighted by Gasteiger charge is 2.29. The fourth-order valence-corrected chi connectivity index (χ4v) is 3.66. The van der Waals surface area contributed by atoms with Crippen molar-refractivity contribution in [1.29, 1.82) is 0 Å². The summed E-state index contributed by atoms with van der Waals surface area (Å²) in [5, 5.41) is 5.25. The van der Waals surface area contributed by atoms with Gasteiger partial charge in [0.1, 0.15) is 0 Å². The van der Waals surface area contributed by atoms with Gasteiger partial charge in [0, 0.05) is 43.1 Å². The van der Waals surface area contributed by atoms with Gasteiger partial charge in [-0.2, -0.15) is 0 Å². The predicted molar refractivity (Wildman–Crippen MR) is 75.6 cm³/mol. The lowest BCUT2D eigenvalue weighted by atomic mass is 10.1. The van der Waals surface area contributed by atoms with E-state index in [2.05, 4.69) is 22.8 Å². The molecule has 1 aromatic rings. The smallest absolute Gasteiger partial charge is 0.317 e. The Morgan fingerprint density at radius 1 is 1.37 bits per heavy atom. The van der Waals surface area contributed by atoms with Crippen molar-refractivity contribution in [3.63, 3.8) is 0 Å². The van der Waals surface area contributed by atoms with Crippen LogP contribution in [0.15, 0.2) is 17.5 Å². The van der Waals surface area contributed by atoms with Crippen LogP contribution in [-0.4, -0.2) is 43.3 Å². The molecule has 0 aliphatic carbocycles. The van der Waals surface area contributed by atoms with Crippen LogP contribution < -0.4 is 5.32 Å². The van der Waals surface area contributed by atoms with Gasteiger partial charge < -0.3 is 15.0 Å². The van der Waals surface area contributed by atoms with E-state index in [1.165, 1.54) is 4.88 Å². The average Bonchev–Trinajstić information content (AvgIpc) is 3.11. The minimum absolute atomic E-state index is 0.103. The summed E-state index contributed by atoms with van der Waals surface area (Å²) in [6.45, 7) is 3.26. The molecule has 3 heterocycles. The number of likely N-dealkylation sites (tertiary alicyclic amines) is 1. The molecule has 1 atom stereocenters. The summed E-state index contributed by atoms with van der Waals surface area (Å²) in [5.74, 6) is 0.528. The second-order valence-corrected chi connectivity index (χ2v) is 6.26. The number of urea groups is 1. The first-order valence-corrected chi connectivity index (χ1v) is 7.87. The van der Waals surface area contributed by atoms with Crippen LogP contribution in [0, 0.1) is 0 Å². The molecule has 2 aliphatic heterocycles. The van der Waals surface area contributed by atoms with Crippen molar-refractivity contribution in [3.8, 4) is 0 Å². The summed E-state index contributed by atoms with van der Waals surface area (Å²) < 4.78 is 5.31. The minimum atomic E-state index is 0.103. The topological polar surface area (TPSA) is 41.6 Å². The molecule has 0 spiro atoms. The highest BCUT2D eigenvalue weighted by Crippen LogP contribution is 2.30. The summed E-state index contributed by atoms with van der Waals surface area (Å²) in [7, 11) is 0. The lowest BCUT2D eigenvalue weighted by Crippen LogP contribution is -2.45. The lowest BCUT2D eigenvalue weighted by molar-refractivity contribution is 0.0785. The first-order valence-electron chi connectivity index (χ1n) is 6.99. The number of rotatable bonds is 2. The molecule has 1 unspecified atom stereocenters. The van der Waals surface area contributed by atoms with Crippen molar-refractivity contribution >= 4 is 17.4 Å². The van der Waals surface area contributed by atoms with Crippen LogP contribution in [0.5, 0.6) is 0 Å². The molecule has 2 fully saturated rings. The van der Waals surface area contributed by atoms with Gasteiger partial charge in [-0.1, -0.05) is 6.07 Å². The van der Waals surface area contributed by atoms with E-state index in [9.17, 15) is 4.79 Å². The Kier molecular flexibility index (Phi) is 4.03. The predicted octanol–water partition coefficient (Wildman–Crippen LogP) is 2.43. The van der Waals surface area contributed by atoms with Crippen LogP contribution in [0.1, 0.15) is 30.1 Å².